The summed E-state index contributed by atoms with van der Waals surface area (Å²) in [5.74, 6) is 0.0594. The molecule has 0 saturated carbocycles. The Labute approximate surface area is 151 Å². The number of likely N-dealkylation sites (tertiary alicyclic amines) is 1. The summed E-state index contributed by atoms with van der Waals surface area (Å²) in [4.78, 5) is 27.8. The fourth-order valence-corrected chi connectivity index (χ4v) is 3.25. The van der Waals surface area contributed by atoms with Crippen molar-refractivity contribution >= 4 is 23.5 Å². The van der Waals surface area contributed by atoms with Crippen molar-refractivity contribution in [3.05, 3.63) is 66.9 Å². The molecule has 128 valence electrons. The highest BCUT2D eigenvalue weighted by molar-refractivity contribution is 7.98. The number of hydrogen-bond donors (Lipinski definition) is 0. The number of carbonyl (C=O) groups is 2. The van der Waals surface area contributed by atoms with Crippen LogP contribution in [0, 0.1) is 5.92 Å². The molecule has 0 spiro atoms. The number of ketones is 1. The molecule has 1 saturated heterocycles. The van der Waals surface area contributed by atoms with Gasteiger partial charge in [0, 0.05) is 11.4 Å². The maximum Gasteiger partial charge on any atom is 0.237 e. The Kier molecular flexibility index (Phi) is 5.24. The molecule has 25 heavy (non-hydrogen) atoms. The van der Waals surface area contributed by atoms with Crippen molar-refractivity contribution in [1.29, 1.82) is 0 Å². The van der Waals surface area contributed by atoms with Crippen LogP contribution >= 0.6 is 11.8 Å². The van der Waals surface area contributed by atoms with Gasteiger partial charge in [0.05, 0.1) is 5.56 Å². The molecule has 2 aromatic rings. The van der Waals surface area contributed by atoms with Crippen molar-refractivity contribution in [3.8, 4) is 11.5 Å². The van der Waals surface area contributed by atoms with Crippen LogP contribution < -0.4 is 4.74 Å². The van der Waals surface area contributed by atoms with Crippen molar-refractivity contribution in [2.45, 2.75) is 11.3 Å². The first-order chi connectivity index (χ1) is 12.1. The number of carbonyl (C=O) groups excluding carboxylic acids is 2. The molecular formula is C20H19NO3S. The minimum absolute atomic E-state index is 0.195. The summed E-state index contributed by atoms with van der Waals surface area (Å²) in [5, 5.41) is 0. The van der Waals surface area contributed by atoms with E-state index in [1.54, 1.807) is 30.0 Å². The standard InChI is InChI=1S/C20H19NO3S/c1-3-21-13-12-17(20(21)23)19(22)16-6-4-5-7-18(16)24-14-8-10-15(25-2)11-9-14/h3-11,17H,1,12-13H2,2H3. The lowest BCUT2D eigenvalue weighted by molar-refractivity contribution is -0.127. The van der Waals surface area contributed by atoms with Gasteiger partial charge in [0.1, 0.15) is 17.4 Å². The van der Waals surface area contributed by atoms with E-state index in [1.807, 2.05) is 36.6 Å². The number of benzene rings is 2. The van der Waals surface area contributed by atoms with Crippen molar-refractivity contribution in [1.82, 2.24) is 4.90 Å². The first kappa shape index (κ1) is 17.3. The number of amides is 1. The van der Waals surface area contributed by atoms with Crippen LogP contribution in [-0.2, 0) is 4.79 Å². The van der Waals surface area contributed by atoms with Gasteiger partial charge in [0.15, 0.2) is 5.78 Å². The Morgan fingerprint density at radius 3 is 2.60 bits per heavy atom. The Morgan fingerprint density at radius 2 is 1.96 bits per heavy atom. The molecule has 0 radical (unpaired) electrons. The quantitative estimate of drug-likeness (QED) is 0.439. The van der Waals surface area contributed by atoms with Crippen LogP contribution in [0.15, 0.2) is 66.2 Å². The fourth-order valence-electron chi connectivity index (χ4n) is 2.84. The van der Waals surface area contributed by atoms with E-state index in [0.29, 0.717) is 30.0 Å². The summed E-state index contributed by atoms with van der Waals surface area (Å²) >= 11 is 1.65. The number of nitrogens with zero attached hydrogens (tertiary/aromatic N) is 1. The lowest BCUT2D eigenvalue weighted by atomic mass is 9.95. The highest BCUT2D eigenvalue weighted by atomic mass is 32.2. The van der Waals surface area contributed by atoms with Gasteiger partial charge in [-0.3, -0.25) is 9.59 Å². The predicted molar refractivity (Wildman–Crippen MR) is 99.1 cm³/mol. The van der Waals surface area contributed by atoms with Gasteiger partial charge in [0.25, 0.3) is 0 Å². The summed E-state index contributed by atoms with van der Waals surface area (Å²) in [7, 11) is 0. The Bertz CT molecular complexity index is 801. The molecule has 1 fully saturated rings. The summed E-state index contributed by atoms with van der Waals surface area (Å²) in [6.45, 7) is 4.14. The zero-order valence-corrected chi connectivity index (χ0v) is 14.8. The second-order valence-corrected chi connectivity index (χ2v) is 6.57. The smallest absolute Gasteiger partial charge is 0.237 e. The van der Waals surface area contributed by atoms with E-state index >= 15 is 0 Å². The maximum atomic E-state index is 12.9. The Morgan fingerprint density at radius 1 is 1.24 bits per heavy atom. The lowest BCUT2D eigenvalue weighted by Gasteiger charge is -2.14. The summed E-state index contributed by atoms with van der Waals surface area (Å²) in [6.07, 6.45) is 3.99. The highest BCUT2D eigenvalue weighted by Crippen LogP contribution is 2.31. The maximum absolute atomic E-state index is 12.9. The van der Waals surface area contributed by atoms with Gasteiger partial charge in [-0.1, -0.05) is 18.7 Å². The molecule has 1 aliphatic heterocycles. The van der Waals surface area contributed by atoms with Crippen LogP contribution in [0.4, 0.5) is 0 Å². The normalized spacial score (nSPS) is 16.8. The van der Waals surface area contributed by atoms with E-state index < -0.39 is 5.92 Å². The Balaban J connectivity index is 1.84. The van der Waals surface area contributed by atoms with E-state index in [4.69, 9.17) is 4.74 Å². The molecule has 4 nitrogen and oxygen atoms in total. The van der Waals surface area contributed by atoms with Gasteiger partial charge in [-0.05, 0) is 55.3 Å². The molecule has 5 heteroatoms. The van der Waals surface area contributed by atoms with Crippen molar-refractivity contribution in [2.75, 3.05) is 12.8 Å². The third-order valence-electron chi connectivity index (χ3n) is 4.22. The van der Waals surface area contributed by atoms with Crippen molar-refractivity contribution < 1.29 is 14.3 Å². The largest absolute Gasteiger partial charge is 0.457 e. The van der Waals surface area contributed by atoms with Crippen LogP contribution in [0.1, 0.15) is 16.8 Å². The lowest BCUT2D eigenvalue weighted by Crippen LogP contribution is -2.26. The molecule has 3 rings (SSSR count). The molecule has 1 unspecified atom stereocenters. The number of rotatable bonds is 6. The third-order valence-corrected chi connectivity index (χ3v) is 4.96. The van der Waals surface area contributed by atoms with Gasteiger partial charge in [-0.15, -0.1) is 11.8 Å². The van der Waals surface area contributed by atoms with E-state index in [2.05, 4.69) is 6.58 Å². The van der Waals surface area contributed by atoms with Crippen LogP contribution in [0.3, 0.4) is 0 Å². The van der Waals surface area contributed by atoms with E-state index in [-0.39, 0.29) is 11.7 Å². The summed E-state index contributed by atoms with van der Waals surface area (Å²) in [5.41, 5.74) is 0.431. The number of Topliss-reactive ketones (excluding diaryl/α,β-unsaturated/α-hetero) is 1. The van der Waals surface area contributed by atoms with Crippen LogP contribution in [0.5, 0.6) is 11.5 Å². The first-order valence-electron chi connectivity index (χ1n) is 8.02. The minimum atomic E-state index is -0.665. The molecular weight excluding hydrogens is 334 g/mol. The van der Waals surface area contributed by atoms with Gasteiger partial charge < -0.3 is 9.64 Å². The van der Waals surface area contributed by atoms with Crippen LogP contribution in [0.2, 0.25) is 0 Å². The van der Waals surface area contributed by atoms with Crippen LogP contribution in [-0.4, -0.2) is 29.4 Å². The van der Waals surface area contributed by atoms with Crippen molar-refractivity contribution in [3.63, 3.8) is 0 Å². The number of hydrogen-bond acceptors (Lipinski definition) is 4. The zero-order valence-electron chi connectivity index (χ0n) is 14.0. The SMILES string of the molecule is C=CN1CCC(C(=O)c2ccccc2Oc2ccc(SC)cc2)C1=O. The van der Waals surface area contributed by atoms with E-state index in [0.717, 1.165) is 4.90 Å². The van der Waals surface area contributed by atoms with Gasteiger partial charge in [-0.2, -0.15) is 0 Å². The molecule has 1 amide bonds. The summed E-state index contributed by atoms with van der Waals surface area (Å²) in [6, 6.07) is 14.7. The monoisotopic (exact) mass is 353 g/mol. The predicted octanol–water partition coefficient (Wildman–Crippen LogP) is 4.38. The van der Waals surface area contributed by atoms with E-state index in [1.165, 1.54) is 11.1 Å². The molecule has 0 aliphatic carbocycles. The molecule has 0 N–H and O–H groups in total. The van der Waals surface area contributed by atoms with Gasteiger partial charge in [0.2, 0.25) is 5.91 Å². The topological polar surface area (TPSA) is 46.6 Å². The molecule has 1 atom stereocenters. The highest BCUT2D eigenvalue weighted by Gasteiger charge is 2.37. The van der Waals surface area contributed by atoms with Gasteiger partial charge in [-0.25, -0.2) is 0 Å². The summed E-state index contributed by atoms with van der Waals surface area (Å²) < 4.78 is 5.90. The Hall–Kier alpha value is -2.53. The van der Waals surface area contributed by atoms with Crippen LogP contribution in [0.25, 0.3) is 0 Å². The molecule has 1 aliphatic rings. The average molecular weight is 353 g/mol. The van der Waals surface area contributed by atoms with E-state index in [9.17, 15) is 9.59 Å². The molecule has 0 aromatic heterocycles. The second kappa shape index (κ2) is 7.57. The molecule has 0 bridgehead atoms. The number of para-hydroxylation sites is 1. The number of ether oxygens (including phenoxy) is 1. The zero-order chi connectivity index (χ0) is 17.8. The average Bonchev–Trinajstić information content (AvgIpc) is 3.03. The van der Waals surface area contributed by atoms with Gasteiger partial charge >= 0.3 is 0 Å². The molecule has 1 heterocycles. The van der Waals surface area contributed by atoms with Crippen molar-refractivity contribution in [2.24, 2.45) is 5.92 Å². The first-order valence-corrected chi connectivity index (χ1v) is 9.24. The molecule has 2 aromatic carbocycles. The number of thioether (sulfide) groups is 1. The fraction of sp³-hybridized carbons (Fsp3) is 0.200. The third kappa shape index (κ3) is 3.61. The minimum Gasteiger partial charge on any atom is -0.457 e. The second-order valence-electron chi connectivity index (χ2n) is 5.69.